The molecule has 0 saturated carbocycles. The summed E-state index contributed by atoms with van der Waals surface area (Å²) in [5.41, 5.74) is 1.10. The average Bonchev–Trinajstić information content (AvgIpc) is 2.54. The molecule has 3 aliphatic heterocycles. The molecule has 2 bridgehead atoms. The summed E-state index contributed by atoms with van der Waals surface area (Å²) in [7, 11) is 0. The molecule has 3 aliphatic rings. The number of hydrogen-bond acceptors (Lipinski definition) is 2. The smallest absolute Gasteiger partial charge is 0.229 e. The molecule has 120 valence electrons. The molecular weight excluding hydrogens is 295 g/mol. The average molecular weight is 314 g/mol. The van der Waals surface area contributed by atoms with E-state index in [1.54, 1.807) is 4.90 Å². The molecule has 1 aromatic carbocycles. The van der Waals surface area contributed by atoms with Crippen LogP contribution in [0.15, 0.2) is 42.2 Å². The normalized spacial score (nSPS) is 30.1. The molecule has 1 unspecified atom stereocenters. The van der Waals surface area contributed by atoms with Gasteiger partial charge >= 0.3 is 0 Å². The van der Waals surface area contributed by atoms with Crippen LogP contribution in [0, 0.1) is 11.8 Å². The first kappa shape index (κ1) is 14.4. The van der Waals surface area contributed by atoms with Crippen LogP contribution >= 0.6 is 0 Å². The number of carbonyl (C=O) groups excluding carboxylic acids is 2. The second-order valence-electron chi connectivity index (χ2n) is 6.74. The first-order valence-corrected chi connectivity index (χ1v) is 8.10. The molecule has 4 rings (SSSR count). The van der Waals surface area contributed by atoms with Crippen molar-refractivity contribution in [2.45, 2.75) is 25.4 Å². The van der Waals surface area contributed by atoms with E-state index in [-0.39, 0.29) is 30.1 Å². The van der Waals surface area contributed by atoms with Crippen molar-refractivity contribution in [3.63, 3.8) is 0 Å². The Bertz CT molecular complexity index is 673. The van der Waals surface area contributed by atoms with Gasteiger partial charge in [0.05, 0.1) is 18.4 Å². The lowest BCUT2D eigenvalue weighted by molar-refractivity contribution is -0.153. The van der Waals surface area contributed by atoms with Gasteiger partial charge in [0.25, 0.3) is 0 Å². The van der Waals surface area contributed by atoms with E-state index in [0.717, 1.165) is 12.0 Å². The minimum atomic E-state index is -0.404. The lowest BCUT2D eigenvalue weighted by Crippen LogP contribution is -2.61. The molecule has 23 heavy (non-hydrogen) atoms. The summed E-state index contributed by atoms with van der Waals surface area (Å²) < 4.78 is 13.7. The SMILES string of the molecule is O=C1[C@@H]2CC(CN1Cc1ccccc1)CN1C(=O)CC(F)=C[C@@H]21. The molecule has 3 heterocycles. The van der Waals surface area contributed by atoms with Crippen LogP contribution in [0.4, 0.5) is 4.39 Å². The third-order valence-electron chi connectivity index (χ3n) is 5.13. The van der Waals surface area contributed by atoms with Crippen LogP contribution in [0.2, 0.25) is 0 Å². The van der Waals surface area contributed by atoms with Crippen molar-refractivity contribution in [1.29, 1.82) is 0 Å². The quantitative estimate of drug-likeness (QED) is 0.839. The summed E-state index contributed by atoms with van der Waals surface area (Å²) in [5.74, 6) is -0.562. The second-order valence-corrected chi connectivity index (χ2v) is 6.74. The Labute approximate surface area is 134 Å². The van der Waals surface area contributed by atoms with Crippen molar-refractivity contribution < 1.29 is 14.0 Å². The maximum absolute atomic E-state index is 13.7. The lowest BCUT2D eigenvalue weighted by Gasteiger charge is -2.50. The van der Waals surface area contributed by atoms with E-state index in [4.69, 9.17) is 0 Å². The molecule has 2 fully saturated rings. The Balaban J connectivity index is 1.59. The summed E-state index contributed by atoms with van der Waals surface area (Å²) >= 11 is 0. The van der Waals surface area contributed by atoms with Crippen LogP contribution in [0.3, 0.4) is 0 Å². The fourth-order valence-corrected chi connectivity index (χ4v) is 4.12. The van der Waals surface area contributed by atoms with Gasteiger partial charge in [0.15, 0.2) is 0 Å². The number of benzene rings is 1. The van der Waals surface area contributed by atoms with E-state index >= 15 is 0 Å². The molecule has 0 aliphatic carbocycles. The molecule has 0 N–H and O–H groups in total. The third-order valence-corrected chi connectivity index (χ3v) is 5.13. The number of hydrogen-bond donors (Lipinski definition) is 0. The molecule has 3 atom stereocenters. The van der Waals surface area contributed by atoms with Crippen molar-refractivity contribution in [3.05, 3.63) is 47.8 Å². The van der Waals surface area contributed by atoms with E-state index in [1.165, 1.54) is 6.08 Å². The van der Waals surface area contributed by atoms with Crippen LogP contribution in [0.1, 0.15) is 18.4 Å². The number of piperidine rings is 2. The van der Waals surface area contributed by atoms with Gasteiger partial charge < -0.3 is 9.80 Å². The Kier molecular flexibility index (Phi) is 3.43. The van der Waals surface area contributed by atoms with E-state index in [1.807, 2.05) is 35.2 Å². The van der Waals surface area contributed by atoms with Crippen molar-refractivity contribution >= 4 is 11.8 Å². The monoisotopic (exact) mass is 314 g/mol. The predicted molar refractivity (Wildman–Crippen MR) is 82.8 cm³/mol. The number of halogens is 1. The highest BCUT2D eigenvalue weighted by Crippen LogP contribution is 2.38. The molecular formula is C18H19FN2O2. The molecule has 2 amide bonds. The summed E-state index contributed by atoms with van der Waals surface area (Å²) in [6.07, 6.45) is 2.08. The van der Waals surface area contributed by atoms with Gasteiger partial charge in [0.2, 0.25) is 11.8 Å². The van der Waals surface area contributed by atoms with Crippen LogP contribution in [-0.4, -0.2) is 40.7 Å². The second kappa shape index (κ2) is 5.48. The third kappa shape index (κ3) is 2.54. The van der Waals surface area contributed by atoms with E-state index < -0.39 is 11.9 Å². The van der Waals surface area contributed by atoms with E-state index in [0.29, 0.717) is 19.6 Å². The highest BCUT2D eigenvalue weighted by molar-refractivity contribution is 5.85. The van der Waals surface area contributed by atoms with E-state index in [2.05, 4.69) is 0 Å². The van der Waals surface area contributed by atoms with Crippen molar-refractivity contribution in [3.8, 4) is 0 Å². The minimum Gasteiger partial charge on any atom is -0.338 e. The van der Waals surface area contributed by atoms with Crippen LogP contribution in [0.25, 0.3) is 0 Å². The lowest BCUT2D eigenvalue weighted by atomic mass is 9.77. The molecule has 0 aromatic heterocycles. The van der Waals surface area contributed by atoms with Crippen molar-refractivity contribution in [2.24, 2.45) is 11.8 Å². The zero-order valence-electron chi connectivity index (χ0n) is 12.8. The highest BCUT2D eigenvalue weighted by atomic mass is 19.1. The molecule has 2 saturated heterocycles. The largest absolute Gasteiger partial charge is 0.338 e. The van der Waals surface area contributed by atoms with Crippen LogP contribution < -0.4 is 0 Å². The molecule has 0 spiro atoms. The first-order valence-electron chi connectivity index (χ1n) is 8.10. The number of nitrogens with zero attached hydrogens (tertiary/aromatic N) is 2. The number of carbonyl (C=O) groups is 2. The van der Waals surface area contributed by atoms with Gasteiger partial charge in [-0.3, -0.25) is 9.59 Å². The Morgan fingerprint density at radius 3 is 2.70 bits per heavy atom. The van der Waals surface area contributed by atoms with Crippen LogP contribution in [0.5, 0.6) is 0 Å². The Morgan fingerprint density at radius 1 is 1.13 bits per heavy atom. The van der Waals surface area contributed by atoms with Gasteiger partial charge in [-0.15, -0.1) is 0 Å². The molecule has 0 radical (unpaired) electrons. The topological polar surface area (TPSA) is 40.6 Å². The van der Waals surface area contributed by atoms with E-state index in [9.17, 15) is 14.0 Å². The van der Waals surface area contributed by atoms with Gasteiger partial charge in [-0.05, 0) is 24.0 Å². The maximum Gasteiger partial charge on any atom is 0.229 e. The van der Waals surface area contributed by atoms with Crippen LogP contribution in [-0.2, 0) is 16.1 Å². The molecule has 5 heteroatoms. The zero-order valence-corrected chi connectivity index (χ0v) is 12.8. The maximum atomic E-state index is 13.7. The summed E-state index contributed by atoms with van der Waals surface area (Å²) in [5, 5.41) is 0. The van der Waals surface area contributed by atoms with Crippen molar-refractivity contribution in [2.75, 3.05) is 13.1 Å². The summed E-state index contributed by atoms with van der Waals surface area (Å²) in [6.45, 7) is 1.88. The summed E-state index contributed by atoms with van der Waals surface area (Å²) in [6, 6.07) is 9.49. The van der Waals surface area contributed by atoms with Gasteiger partial charge in [-0.25, -0.2) is 4.39 Å². The first-order chi connectivity index (χ1) is 11.1. The van der Waals surface area contributed by atoms with Crippen molar-refractivity contribution in [1.82, 2.24) is 9.80 Å². The molecule has 4 nitrogen and oxygen atoms in total. The zero-order chi connectivity index (χ0) is 16.0. The number of likely N-dealkylation sites (tertiary alicyclic amines) is 1. The number of fused-ring (bicyclic) bond motifs is 4. The van der Waals surface area contributed by atoms with Gasteiger partial charge in [0, 0.05) is 19.6 Å². The molecule has 1 aromatic rings. The van der Waals surface area contributed by atoms with Gasteiger partial charge in [0.1, 0.15) is 5.83 Å². The standard InChI is InChI=1S/C18H19FN2O2/c19-14-7-16-15-6-13(11-21(16)17(22)8-14)10-20(18(15)23)9-12-4-2-1-3-5-12/h1-5,7,13,15-16H,6,8-11H2/t13?,15-,16+/m1/s1. The fourth-order valence-electron chi connectivity index (χ4n) is 4.12. The van der Waals surface area contributed by atoms with Gasteiger partial charge in [-0.2, -0.15) is 0 Å². The van der Waals surface area contributed by atoms with Gasteiger partial charge in [-0.1, -0.05) is 30.3 Å². The summed E-state index contributed by atoms with van der Waals surface area (Å²) in [4.78, 5) is 28.5. The Hall–Kier alpha value is -2.17. The Morgan fingerprint density at radius 2 is 1.91 bits per heavy atom. The highest BCUT2D eigenvalue weighted by Gasteiger charge is 2.48. The number of amides is 2. The minimum absolute atomic E-state index is 0.0403. The fraction of sp³-hybridized carbons (Fsp3) is 0.444. The number of rotatable bonds is 2. The predicted octanol–water partition coefficient (Wildman–Crippen LogP) is 2.12.